The molecule has 0 amide bonds. The van der Waals surface area contributed by atoms with Gasteiger partial charge < -0.3 is 0 Å². The molecule has 9 heteroatoms. The van der Waals surface area contributed by atoms with Crippen LogP contribution in [-0.4, -0.2) is 33.3 Å². The molecular formula is C6H9ClF3N5. The summed E-state index contributed by atoms with van der Waals surface area (Å²) in [6, 6.07) is 0. The van der Waals surface area contributed by atoms with Crippen molar-refractivity contribution in [2.75, 3.05) is 6.54 Å². The molecule has 1 aromatic rings. The van der Waals surface area contributed by atoms with Gasteiger partial charge in [-0.3, -0.25) is 5.32 Å². The zero-order chi connectivity index (χ0) is 10.2. The first-order valence-corrected chi connectivity index (χ1v) is 4.12. The van der Waals surface area contributed by atoms with E-state index in [2.05, 4.69) is 25.9 Å². The third kappa shape index (κ3) is 1.78. The smallest absolute Gasteiger partial charge is 0.297 e. The van der Waals surface area contributed by atoms with E-state index in [1.54, 1.807) is 0 Å². The van der Waals surface area contributed by atoms with E-state index >= 15 is 0 Å². The van der Waals surface area contributed by atoms with Crippen LogP contribution in [0.3, 0.4) is 0 Å². The van der Waals surface area contributed by atoms with Gasteiger partial charge in [0.25, 0.3) is 0 Å². The van der Waals surface area contributed by atoms with Crippen molar-refractivity contribution in [1.29, 1.82) is 0 Å². The monoisotopic (exact) mass is 243 g/mol. The normalized spacial score (nSPS) is 26.3. The average Bonchev–Trinajstić information content (AvgIpc) is 2.74. The highest BCUT2D eigenvalue weighted by atomic mass is 35.5. The minimum absolute atomic E-state index is 0. The molecule has 1 unspecified atom stereocenters. The summed E-state index contributed by atoms with van der Waals surface area (Å²) in [6.45, 7) is 0.314. The van der Waals surface area contributed by atoms with Crippen LogP contribution in [0.15, 0.2) is 0 Å². The maximum atomic E-state index is 12.8. The number of aromatic nitrogens is 4. The minimum Gasteiger partial charge on any atom is -0.297 e. The highest BCUT2D eigenvalue weighted by molar-refractivity contribution is 5.85. The van der Waals surface area contributed by atoms with E-state index in [4.69, 9.17) is 0 Å². The summed E-state index contributed by atoms with van der Waals surface area (Å²) in [6.07, 6.45) is -3.99. The molecule has 1 aliphatic heterocycles. The lowest BCUT2D eigenvalue weighted by Crippen LogP contribution is -2.50. The molecule has 1 atom stereocenters. The van der Waals surface area contributed by atoms with Crippen LogP contribution in [0.1, 0.15) is 18.7 Å². The Bertz CT molecular complexity index is 305. The maximum absolute atomic E-state index is 12.8. The molecule has 1 saturated heterocycles. The average molecular weight is 244 g/mol. The van der Waals surface area contributed by atoms with Gasteiger partial charge in [0.2, 0.25) is 5.82 Å². The molecule has 1 fully saturated rings. The van der Waals surface area contributed by atoms with E-state index in [0.29, 0.717) is 13.0 Å². The van der Waals surface area contributed by atoms with Crippen LogP contribution in [0, 0.1) is 0 Å². The summed E-state index contributed by atoms with van der Waals surface area (Å²) in [7, 11) is 0. The van der Waals surface area contributed by atoms with E-state index < -0.39 is 11.7 Å². The van der Waals surface area contributed by atoms with Crippen LogP contribution in [0.2, 0.25) is 0 Å². The van der Waals surface area contributed by atoms with Gasteiger partial charge in [-0.15, -0.1) is 22.6 Å². The Labute approximate surface area is 89.2 Å². The fourth-order valence-electron chi connectivity index (χ4n) is 1.65. The lowest BCUT2D eigenvalue weighted by atomic mass is 9.96. The van der Waals surface area contributed by atoms with E-state index in [-0.39, 0.29) is 24.7 Å². The molecule has 0 saturated carbocycles. The first-order valence-electron chi connectivity index (χ1n) is 4.12. The highest BCUT2D eigenvalue weighted by Gasteiger charge is 2.60. The molecule has 0 bridgehead atoms. The van der Waals surface area contributed by atoms with Crippen molar-refractivity contribution >= 4 is 12.4 Å². The van der Waals surface area contributed by atoms with Gasteiger partial charge in [0.05, 0.1) is 0 Å². The molecule has 0 radical (unpaired) electrons. The third-order valence-electron chi connectivity index (χ3n) is 2.37. The Balaban J connectivity index is 0.00000112. The van der Waals surface area contributed by atoms with Crippen LogP contribution < -0.4 is 5.32 Å². The largest absolute Gasteiger partial charge is 0.414 e. The van der Waals surface area contributed by atoms with E-state index in [1.807, 2.05) is 0 Å². The number of hydrogen-bond donors (Lipinski definition) is 2. The third-order valence-corrected chi connectivity index (χ3v) is 2.37. The van der Waals surface area contributed by atoms with Gasteiger partial charge in [0.15, 0.2) is 5.54 Å². The number of halogens is 4. The molecule has 5 nitrogen and oxygen atoms in total. The predicted molar refractivity (Wildman–Crippen MR) is 46.4 cm³/mol. The summed E-state index contributed by atoms with van der Waals surface area (Å²) in [5.41, 5.74) is -2.11. The van der Waals surface area contributed by atoms with Gasteiger partial charge >= 0.3 is 6.18 Å². The standard InChI is InChI=1S/C6H8F3N5.ClH/c7-6(8,9)5(2-1-3-10-5)4-11-13-14-12-4;/h10H,1-3H2,(H,11,12,13,14);1H. The summed E-state index contributed by atoms with van der Waals surface area (Å²) < 4.78 is 38.4. The van der Waals surface area contributed by atoms with Crippen molar-refractivity contribution in [2.24, 2.45) is 0 Å². The van der Waals surface area contributed by atoms with Gasteiger partial charge in [0, 0.05) is 0 Å². The SMILES string of the molecule is Cl.FC(F)(F)C1(c2nn[nH]n2)CCCN1. The maximum Gasteiger partial charge on any atom is 0.414 e. The van der Waals surface area contributed by atoms with Gasteiger partial charge in [-0.1, -0.05) is 5.21 Å². The second-order valence-electron chi connectivity index (χ2n) is 3.17. The zero-order valence-electron chi connectivity index (χ0n) is 7.51. The Morgan fingerprint density at radius 3 is 2.47 bits per heavy atom. The molecule has 2 N–H and O–H groups in total. The summed E-state index contributed by atoms with van der Waals surface area (Å²) in [5, 5.41) is 14.4. The predicted octanol–water partition coefficient (Wildman–Crippen LogP) is 0.762. The minimum atomic E-state index is -4.40. The number of nitrogens with one attached hydrogen (secondary N) is 2. The van der Waals surface area contributed by atoms with Crippen LogP contribution in [0.5, 0.6) is 0 Å². The van der Waals surface area contributed by atoms with Gasteiger partial charge in [-0.05, 0) is 19.4 Å². The fourth-order valence-corrected chi connectivity index (χ4v) is 1.65. The van der Waals surface area contributed by atoms with Crippen molar-refractivity contribution < 1.29 is 13.2 Å². The second kappa shape index (κ2) is 3.93. The molecule has 2 rings (SSSR count). The van der Waals surface area contributed by atoms with Gasteiger partial charge in [0.1, 0.15) is 0 Å². The first kappa shape index (κ1) is 12.2. The number of tetrazole rings is 1. The first-order chi connectivity index (χ1) is 6.56. The molecule has 1 aromatic heterocycles. The molecule has 0 aromatic carbocycles. The molecule has 1 aliphatic rings. The molecule has 2 heterocycles. The molecule has 15 heavy (non-hydrogen) atoms. The number of alkyl halides is 3. The Hall–Kier alpha value is -0.890. The Morgan fingerprint density at radius 2 is 2.07 bits per heavy atom. The molecular weight excluding hydrogens is 235 g/mol. The number of rotatable bonds is 1. The van der Waals surface area contributed by atoms with E-state index in [9.17, 15) is 13.2 Å². The molecule has 0 aliphatic carbocycles. The van der Waals surface area contributed by atoms with Crippen molar-refractivity contribution in [3.8, 4) is 0 Å². The van der Waals surface area contributed by atoms with E-state index in [1.165, 1.54) is 0 Å². The number of hydrogen-bond acceptors (Lipinski definition) is 4. The molecule has 0 spiro atoms. The molecule has 86 valence electrons. The summed E-state index contributed by atoms with van der Waals surface area (Å²) in [5.74, 6) is -0.331. The topological polar surface area (TPSA) is 66.5 Å². The van der Waals surface area contributed by atoms with E-state index in [0.717, 1.165) is 0 Å². The quantitative estimate of drug-likeness (QED) is 0.764. The fraction of sp³-hybridized carbons (Fsp3) is 0.833. The lowest BCUT2D eigenvalue weighted by molar-refractivity contribution is -0.198. The van der Waals surface area contributed by atoms with Crippen LogP contribution >= 0.6 is 12.4 Å². The van der Waals surface area contributed by atoms with Gasteiger partial charge in [-0.25, -0.2) is 0 Å². The van der Waals surface area contributed by atoms with Crippen molar-refractivity contribution in [3.05, 3.63) is 5.82 Å². The number of H-pyrrole nitrogens is 1. The zero-order valence-corrected chi connectivity index (χ0v) is 8.32. The van der Waals surface area contributed by atoms with Crippen molar-refractivity contribution in [1.82, 2.24) is 25.9 Å². The summed E-state index contributed by atoms with van der Waals surface area (Å²) in [4.78, 5) is 0. The van der Waals surface area contributed by atoms with Crippen LogP contribution in [0.25, 0.3) is 0 Å². The van der Waals surface area contributed by atoms with Crippen LogP contribution in [0.4, 0.5) is 13.2 Å². The lowest BCUT2D eigenvalue weighted by Gasteiger charge is -2.28. The Kier molecular flexibility index (Phi) is 3.19. The van der Waals surface area contributed by atoms with Crippen molar-refractivity contribution in [2.45, 2.75) is 24.6 Å². The second-order valence-corrected chi connectivity index (χ2v) is 3.17. The highest BCUT2D eigenvalue weighted by Crippen LogP contribution is 2.42. The van der Waals surface area contributed by atoms with Crippen molar-refractivity contribution in [3.63, 3.8) is 0 Å². The summed E-state index contributed by atoms with van der Waals surface area (Å²) >= 11 is 0. The van der Waals surface area contributed by atoms with Crippen LogP contribution in [-0.2, 0) is 5.54 Å². The van der Waals surface area contributed by atoms with Gasteiger partial charge in [-0.2, -0.15) is 18.4 Å². The Morgan fingerprint density at radius 1 is 1.33 bits per heavy atom. The number of aromatic amines is 1. The number of nitrogens with zero attached hydrogens (tertiary/aromatic N) is 3.